The SMILES string of the molecule is CNC(=O)CCCOc1c(C)cc(C(=O)O)cc1C. The van der Waals surface area contributed by atoms with Gasteiger partial charge in [-0.1, -0.05) is 0 Å². The van der Waals surface area contributed by atoms with Crippen LogP contribution >= 0.6 is 0 Å². The van der Waals surface area contributed by atoms with Crippen molar-refractivity contribution in [1.82, 2.24) is 5.32 Å². The Bertz CT molecular complexity index is 459. The number of rotatable bonds is 6. The second-order valence-electron chi connectivity index (χ2n) is 4.37. The highest BCUT2D eigenvalue weighted by molar-refractivity contribution is 5.88. The molecule has 0 atom stereocenters. The highest BCUT2D eigenvalue weighted by Gasteiger charge is 2.10. The molecule has 19 heavy (non-hydrogen) atoms. The summed E-state index contributed by atoms with van der Waals surface area (Å²) in [5.41, 5.74) is 1.84. The zero-order valence-corrected chi connectivity index (χ0v) is 11.4. The predicted molar refractivity (Wildman–Crippen MR) is 71.7 cm³/mol. The van der Waals surface area contributed by atoms with Crippen LogP contribution in [0.15, 0.2) is 12.1 Å². The van der Waals surface area contributed by atoms with Crippen molar-refractivity contribution in [3.63, 3.8) is 0 Å². The average molecular weight is 265 g/mol. The van der Waals surface area contributed by atoms with Crippen LogP contribution in [0, 0.1) is 13.8 Å². The minimum atomic E-state index is -0.947. The smallest absolute Gasteiger partial charge is 0.335 e. The van der Waals surface area contributed by atoms with Crippen LogP contribution in [0.3, 0.4) is 0 Å². The second kappa shape index (κ2) is 6.78. The fraction of sp³-hybridized carbons (Fsp3) is 0.429. The van der Waals surface area contributed by atoms with Crippen molar-refractivity contribution in [2.75, 3.05) is 13.7 Å². The first-order valence-electron chi connectivity index (χ1n) is 6.13. The first-order chi connectivity index (χ1) is 8.95. The molecule has 104 valence electrons. The monoisotopic (exact) mass is 265 g/mol. The number of carbonyl (C=O) groups is 2. The molecule has 0 heterocycles. The molecule has 0 aromatic heterocycles. The molecule has 0 fully saturated rings. The summed E-state index contributed by atoms with van der Waals surface area (Å²) < 4.78 is 5.62. The molecule has 1 aromatic carbocycles. The van der Waals surface area contributed by atoms with Gasteiger partial charge in [-0.15, -0.1) is 0 Å². The number of aryl methyl sites for hydroxylation is 2. The summed E-state index contributed by atoms with van der Waals surface area (Å²) in [6.07, 6.45) is 1.04. The third-order valence-corrected chi connectivity index (χ3v) is 2.78. The molecule has 5 heteroatoms. The molecule has 1 aromatic rings. The van der Waals surface area contributed by atoms with Crippen molar-refractivity contribution in [2.24, 2.45) is 0 Å². The minimum Gasteiger partial charge on any atom is -0.493 e. The van der Waals surface area contributed by atoms with Crippen molar-refractivity contribution < 1.29 is 19.4 Å². The second-order valence-corrected chi connectivity index (χ2v) is 4.37. The van der Waals surface area contributed by atoms with Crippen molar-refractivity contribution >= 4 is 11.9 Å². The summed E-state index contributed by atoms with van der Waals surface area (Å²) in [6.45, 7) is 4.06. The molecule has 0 saturated carbocycles. The first kappa shape index (κ1) is 15.0. The third kappa shape index (κ3) is 4.28. The number of benzene rings is 1. The zero-order valence-electron chi connectivity index (χ0n) is 11.4. The van der Waals surface area contributed by atoms with Crippen molar-refractivity contribution in [1.29, 1.82) is 0 Å². The van der Waals surface area contributed by atoms with Crippen LogP contribution in [0.2, 0.25) is 0 Å². The number of carbonyl (C=O) groups excluding carboxylic acids is 1. The summed E-state index contributed by atoms with van der Waals surface area (Å²) in [4.78, 5) is 21.9. The molecular weight excluding hydrogens is 246 g/mol. The van der Waals surface area contributed by atoms with Gasteiger partial charge in [0.25, 0.3) is 0 Å². The molecule has 0 spiro atoms. The molecule has 0 aliphatic rings. The minimum absolute atomic E-state index is 0.0155. The summed E-state index contributed by atoms with van der Waals surface area (Å²) in [7, 11) is 1.60. The number of nitrogens with one attached hydrogen (secondary N) is 1. The first-order valence-corrected chi connectivity index (χ1v) is 6.13. The molecule has 2 N–H and O–H groups in total. The van der Waals surface area contributed by atoms with Crippen LogP contribution < -0.4 is 10.1 Å². The Morgan fingerprint density at radius 3 is 2.32 bits per heavy atom. The van der Waals surface area contributed by atoms with E-state index in [-0.39, 0.29) is 11.5 Å². The maximum atomic E-state index is 11.0. The predicted octanol–water partition coefficient (Wildman–Crippen LogP) is 1.91. The fourth-order valence-corrected chi connectivity index (χ4v) is 1.83. The van der Waals surface area contributed by atoms with E-state index in [4.69, 9.17) is 9.84 Å². The lowest BCUT2D eigenvalue weighted by Gasteiger charge is -2.12. The van der Waals surface area contributed by atoms with E-state index in [0.29, 0.717) is 25.2 Å². The molecule has 0 aliphatic heterocycles. The highest BCUT2D eigenvalue weighted by Crippen LogP contribution is 2.25. The number of hydrogen-bond donors (Lipinski definition) is 2. The van der Waals surface area contributed by atoms with E-state index in [0.717, 1.165) is 11.1 Å². The van der Waals surface area contributed by atoms with Crippen LogP contribution in [0.1, 0.15) is 34.3 Å². The van der Waals surface area contributed by atoms with E-state index in [1.54, 1.807) is 19.2 Å². The van der Waals surface area contributed by atoms with E-state index < -0.39 is 5.97 Å². The van der Waals surface area contributed by atoms with E-state index >= 15 is 0 Å². The molecule has 0 saturated heterocycles. The Kier molecular flexibility index (Phi) is 5.36. The Labute approximate surface area is 112 Å². The lowest BCUT2D eigenvalue weighted by atomic mass is 10.1. The van der Waals surface area contributed by atoms with E-state index in [9.17, 15) is 9.59 Å². The van der Waals surface area contributed by atoms with Crippen molar-refractivity contribution in [2.45, 2.75) is 26.7 Å². The van der Waals surface area contributed by atoms with Crippen molar-refractivity contribution in [3.05, 3.63) is 28.8 Å². The average Bonchev–Trinajstić information content (AvgIpc) is 2.36. The quantitative estimate of drug-likeness (QED) is 0.770. The van der Waals surface area contributed by atoms with Gasteiger partial charge >= 0.3 is 5.97 Å². The molecule has 5 nitrogen and oxygen atoms in total. The molecule has 0 aliphatic carbocycles. The maximum Gasteiger partial charge on any atom is 0.335 e. The summed E-state index contributed by atoms with van der Waals surface area (Å²) >= 11 is 0. The van der Waals surface area contributed by atoms with Crippen LogP contribution in [-0.4, -0.2) is 30.6 Å². The number of amides is 1. The van der Waals surface area contributed by atoms with Crippen LogP contribution in [0.25, 0.3) is 0 Å². The van der Waals surface area contributed by atoms with Crippen LogP contribution in [-0.2, 0) is 4.79 Å². The summed E-state index contributed by atoms with van der Waals surface area (Å²) in [5, 5.41) is 11.5. The summed E-state index contributed by atoms with van der Waals surface area (Å²) in [6, 6.07) is 3.17. The standard InChI is InChI=1S/C14H19NO4/c1-9-7-11(14(17)18)8-10(2)13(9)19-6-4-5-12(16)15-3/h7-8H,4-6H2,1-3H3,(H,15,16)(H,17,18). The van der Waals surface area contributed by atoms with Crippen molar-refractivity contribution in [3.8, 4) is 5.75 Å². The third-order valence-electron chi connectivity index (χ3n) is 2.78. The molecule has 1 rings (SSSR count). The topological polar surface area (TPSA) is 75.6 Å². The Morgan fingerprint density at radius 2 is 1.84 bits per heavy atom. The van der Waals surface area contributed by atoms with Crippen LogP contribution in [0.4, 0.5) is 0 Å². The van der Waals surface area contributed by atoms with Gasteiger partial charge in [0, 0.05) is 13.5 Å². The Balaban J connectivity index is 2.64. The van der Waals surface area contributed by atoms with Gasteiger partial charge in [-0.25, -0.2) is 4.79 Å². The number of aromatic carboxylic acids is 1. The molecular formula is C14H19NO4. The zero-order chi connectivity index (χ0) is 14.4. The number of carboxylic acids is 1. The van der Waals surface area contributed by atoms with Gasteiger partial charge < -0.3 is 15.2 Å². The summed E-state index contributed by atoms with van der Waals surface area (Å²) in [5.74, 6) is -0.266. The largest absolute Gasteiger partial charge is 0.493 e. The highest BCUT2D eigenvalue weighted by atomic mass is 16.5. The normalized spacial score (nSPS) is 10.1. The van der Waals surface area contributed by atoms with E-state index in [2.05, 4.69) is 5.32 Å². The Hall–Kier alpha value is -2.04. The number of hydrogen-bond acceptors (Lipinski definition) is 3. The van der Waals surface area contributed by atoms with Gasteiger partial charge in [-0.2, -0.15) is 0 Å². The van der Waals surface area contributed by atoms with Crippen LogP contribution in [0.5, 0.6) is 5.75 Å². The van der Waals surface area contributed by atoms with Gasteiger partial charge in [-0.05, 0) is 43.5 Å². The molecule has 1 amide bonds. The van der Waals surface area contributed by atoms with Gasteiger partial charge in [-0.3, -0.25) is 4.79 Å². The molecule has 0 unspecified atom stereocenters. The Morgan fingerprint density at radius 1 is 1.26 bits per heavy atom. The fourth-order valence-electron chi connectivity index (χ4n) is 1.83. The lowest BCUT2D eigenvalue weighted by Crippen LogP contribution is -2.18. The van der Waals surface area contributed by atoms with E-state index in [1.165, 1.54) is 0 Å². The van der Waals surface area contributed by atoms with Gasteiger partial charge in [0.2, 0.25) is 5.91 Å². The molecule has 0 bridgehead atoms. The lowest BCUT2D eigenvalue weighted by molar-refractivity contribution is -0.120. The maximum absolute atomic E-state index is 11.0. The number of ether oxygens (including phenoxy) is 1. The van der Waals surface area contributed by atoms with Gasteiger partial charge in [0.05, 0.1) is 12.2 Å². The van der Waals surface area contributed by atoms with Gasteiger partial charge in [0.15, 0.2) is 0 Å². The number of carboxylic acid groups (broad SMARTS) is 1. The van der Waals surface area contributed by atoms with E-state index in [1.807, 2.05) is 13.8 Å². The molecule has 0 radical (unpaired) electrons. The van der Waals surface area contributed by atoms with Gasteiger partial charge in [0.1, 0.15) is 5.75 Å².